The van der Waals surface area contributed by atoms with E-state index >= 15 is 0 Å². The van der Waals surface area contributed by atoms with Crippen LogP contribution in [0.2, 0.25) is 0 Å². The Morgan fingerprint density at radius 1 is 1.35 bits per heavy atom. The molecule has 1 aromatic heterocycles. The molecular formula is C12H13N3O2. The number of anilines is 1. The van der Waals surface area contributed by atoms with Gasteiger partial charge in [-0.1, -0.05) is 18.2 Å². The summed E-state index contributed by atoms with van der Waals surface area (Å²) in [6, 6.07) is 10.6. The Hall–Kier alpha value is -2.30. The first-order valence-electron chi connectivity index (χ1n) is 5.35. The average Bonchev–Trinajstić information content (AvgIpc) is 2.77. The predicted octanol–water partition coefficient (Wildman–Crippen LogP) is 2.51. The van der Waals surface area contributed by atoms with Gasteiger partial charge in [-0.25, -0.2) is 9.48 Å². The number of ether oxygens (including phenoxy) is 1. The largest absolute Gasteiger partial charge is 0.418 e. The number of aromatic nitrogens is 2. The maximum atomic E-state index is 11.6. The van der Waals surface area contributed by atoms with Gasteiger partial charge in [0.15, 0.2) is 0 Å². The molecule has 1 N–H and O–H groups in total. The summed E-state index contributed by atoms with van der Waals surface area (Å²) in [4.78, 5) is 11.6. The normalized spacial score (nSPS) is 9.94. The van der Waals surface area contributed by atoms with Crippen molar-refractivity contribution in [2.75, 3.05) is 5.32 Å². The standard InChI is InChI=1S/C12H13N3O2/c1-2-15-11(8-9-13-15)14-12(16)17-10-6-4-3-5-7-10/h3-9H,2H2,1H3,(H,14,16). The Bertz CT molecular complexity index is 493. The number of para-hydroxylation sites is 1. The molecule has 0 aliphatic rings. The lowest BCUT2D eigenvalue weighted by atomic mass is 10.3. The first kappa shape index (κ1) is 11.2. The minimum atomic E-state index is -0.522. The van der Waals surface area contributed by atoms with Crippen molar-refractivity contribution in [2.45, 2.75) is 13.5 Å². The van der Waals surface area contributed by atoms with E-state index in [2.05, 4.69) is 10.4 Å². The monoisotopic (exact) mass is 231 g/mol. The van der Waals surface area contributed by atoms with Crippen LogP contribution >= 0.6 is 0 Å². The molecule has 5 nitrogen and oxygen atoms in total. The molecule has 0 aliphatic heterocycles. The zero-order chi connectivity index (χ0) is 12.1. The number of nitrogens with zero attached hydrogens (tertiary/aromatic N) is 2. The molecule has 0 saturated heterocycles. The smallest absolute Gasteiger partial charge is 0.410 e. The van der Waals surface area contributed by atoms with Crippen LogP contribution in [0.5, 0.6) is 5.75 Å². The third-order valence-corrected chi connectivity index (χ3v) is 2.20. The van der Waals surface area contributed by atoms with Crippen LogP contribution in [-0.4, -0.2) is 15.9 Å². The molecule has 0 fully saturated rings. The Kier molecular flexibility index (Phi) is 3.40. The molecule has 2 aromatic rings. The number of benzene rings is 1. The molecule has 0 unspecified atom stereocenters. The van der Waals surface area contributed by atoms with Gasteiger partial charge in [0, 0.05) is 12.6 Å². The fourth-order valence-electron chi connectivity index (χ4n) is 1.42. The first-order chi connectivity index (χ1) is 8.29. The molecule has 0 bridgehead atoms. The van der Waals surface area contributed by atoms with Crippen molar-refractivity contribution in [1.29, 1.82) is 0 Å². The highest BCUT2D eigenvalue weighted by molar-refractivity contribution is 5.85. The third-order valence-electron chi connectivity index (χ3n) is 2.20. The van der Waals surface area contributed by atoms with Gasteiger partial charge in [0.05, 0.1) is 6.20 Å². The second kappa shape index (κ2) is 5.16. The molecule has 88 valence electrons. The van der Waals surface area contributed by atoms with Crippen molar-refractivity contribution in [1.82, 2.24) is 9.78 Å². The van der Waals surface area contributed by atoms with Crippen molar-refractivity contribution in [3.63, 3.8) is 0 Å². The Morgan fingerprint density at radius 2 is 2.12 bits per heavy atom. The number of carbonyl (C=O) groups is 1. The lowest BCUT2D eigenvalue weighted by Crippen LogP contribution is -2.19. The molecule has 2 rings (SSSR count). The van der Waals surface area contributed by atoms with Crippen LogP contribution in [0.15, 0.2) is 42.6 Å². The summed E-state index contributed by atoms with van der Waals surface area (Å²) < 4.78 is 6.77. The van der Waals surface area contributed by atoms with Gasteiger partial charge in [-0.05, 0) is 19.1 Å². The molecule has 5 heteroatoms. The molecule has 0 saturated carbocycles. The molecule has 0 radical (unpaired) electrons. The van der Waals surface area contributed by atoms with E-state index in [1.165, 1.54) is 0 Å². The number of nitrogens with one attached hydrogen (secondary N) is 1. The maximum Gasteiger partial charge on any atom is 0.418 e. The zero-order valence-corrected chi connectivity index (χ0v) is 9.46. The van der Waals surface area contributed by atoms with Gasteiger partial charge >= 0.3 is 6.09 Å². The van der Waals surface area contributed by atoms with Crippen LogP contribution in [0, 0.1) is 0 Å². The van der Waals surface area contributed by atoms with Gasteiger partial charge in [-0.15, -0.1) is 0 Å². The summed E-state index contributed by atoms with van der Waals surface area (Å²) in [5.74, 6) is 1.13. The highest BCUT2D eigenvalue weighted by Crippen LogP contribution is 2.11. The highest BCUT2D eigenvalue weighted by atomic mass is 16.6. The van der Waals surface area contributed by atoms with E-state index in [1.807, 2.05) is 13.0 Å². The topological polar surface area (TPSA) is 56.2 Å². The molecule has 0 aliphatic carbocycles. The summed E-state index contributed by atoms with van der Waals surface area (Å²) in [5.41, 5.74) is 0. The van der Waals surface area contributed by atoms with Crippen LogP contribution in [-0.2, 0) is 6.54 Å². The average molecular weight is 231 g/mol. The Morgan fingerprint density at radius 3 is 2.82 bits per heavy atom. The minimum Gasteiger partial charge on any atom is -0.410 e. The number of rotatable bonds is 3. The fourth-order valence-corrected chi connectivity index (χ4v) is 1.42. The Balaban J connectivity index is 1.98. The van der Waals surface area contributed by atoms with Crippen molar-refractivity contribution in [3.05, 3.63) is 42.6 Å². The summed E-state index contributed by atoms with van der Waals surface area (Å²) in [6.45, 7) is 2.63. The van der Waals surface area contributed by atoms with Gasteiger partial charge in [-0.3, -0.25) is 5.32 Å². The van der Waals surface area contributed by atoms with Gasteiger partial charge in [0.2, 0.25) is 0 Å². The van der Waals surface area contributed by atoms with E-state index in [9.17, 15) is 4.79 Å². The van der Waals surface area contributed by atoms with E-state index < -0.39 is 6.09 Å². The SMILES string of the molecule is CCn1nccc1NC(=O)Oc1ccccc1. The van der Waals surface area contributed by atoms with E-state index in [1.54, 1.807) is 41.2 Å². The lowest BCUT2D eigenvalue weighted by Gasteiger charge is -2.07. The number of amides is 1. The van der Waals surface area contributed by atoms with E-state index in [-0.39, 0.29) is 0 Å². The number of hydrogen-bond acceptors (Lipinski definition) is 3. The molecule has 1 amide bonds. The molecule has 0 spiro atoms. The Labute approximate surface area is 99.0 Å². The molecule has 1 heterocycles. The van der Waals surface area contributed by atoms with E-state index in [4.69, 9.17) is 4.74 Å². The van der Waals surface area contributed by atoms with Crippen molar-refractivity contribution < 1.29 is 9.53 Å². The van der Waals surface area contributed by atoms with Crippen molar-refractivity contribution >= 4 is 11.9 Å². The lowest BCUT2D eigenvalue weighted by molar-refractivity contribution is 0.215. The van der Waals surface area contributed by atoms with Gasteiger partial charge in [0.1, 0.15) is 11.6 Å². The van der Waals surface area contributed by atoms with Gasteiger partial charge < -0.3 is 4.74 Å². The highest BCUT2D eigenvalue weighted by Gasteiger charge is 2.07. The quantitative estimate of drug-likeness (QED) is 0.883. The second-order valence-corrected chi connectivity index (χ2v) is 3.36. The minimum absolute atomic E-state index is 0.507. The fraction of sp³-hybridized carbons (Fsp3) is 0.167. The molecular weight excluding hydrogens is 218 g/mol. The molecule has 1 aromatic carbocycles. The second-order valence-electron chi connectivity index (χ2n) is 3.36. The number of aryl methyl sites for hydroxylation is 1. The van der Waals surface area contributed by atoms with Crippen LogP contribution in [0.1, 0.15) is 6.92 Å². The van der Waals surface area contributed by atoms with Crippen LogP contribution in [0.4, 0.5) is 10.6 Å². The first-order valence-corrected chi connectivity index (χ1v) is 5.35. The number of hydrogen-bond donors (Lipinski definition) is 1. The van der Waals surface area contributed by atoms with Crippen molar-refractivity contribution in [3.8, 4) is 5.75 Å². The van der Waals surface area contributed by atoms with Crippen molar-refractivity contribution in [2.24, 2.45) is 0 Å². The zero-order valence-electron chi connectivity index (χ0n) is 9.46. The van der Waals surface area contributed by atoms with Crippen LogP contribution < -0.4 is 10.1 Å². The summed E-state index contributed by atoms with van der Waals surface area (Å²) in [5, 5.41) is 6.67. The number of carbonyl (C=O) groups excluding carboxylic acids is 1. The van der Waals surface area contributed by atoms with Crippen LogP contribution in [0.25, 0.3) is 0 Å². The van der Waals surface area contributed by atoms with E-state index in [0.29, 0.717) is 18.1 Å². The summed E-state index contributed by atoms with van der Waals surface area (Å²) >= 11 is 0. The maximum absolute atomic E-state index is 11.6. The van der Waals surface area contributed by atoms with Crippen LogP contribution in [0.3, 0.4) is 0 Å². The molecule has 0 atom stereocenters. The summed E-state index contributed by atoms with van der Waals surface area (Å²) in [7, 11) is 0. The van der Waals surface area contributed by atoms with Gasteiger partial charge in [0.25, 0.3) is 0 Å². The van der Waals surface area contributed by atoms with Gasteiger partial charge in [-0.2, -0.15) is 5.10 Å². The predicted molar refractivity (Wildman–Crippen MR) is 64.0 cm³/mol. The van der Waals surface area contributed by atoms with E-state index in [0.717, 1.165) is 0 Å². The third kappa shape index (κ3) is 2.84. The molecule has 17 heavy (non-hydrogen) atoms. The summed E-state index contributed by atoms with van der Waals surface area (Å²) in [6.07, 6.45) is 1.10.